The minimum absolute atomic E-state index is 0.0430. The summed E-state index contributed by atoms with van der Waals surface area (Å²) < 4.78 is 19.4. The first-order chi connectivity index (χ1) is 16.5. The molecule has 2 aromatic carbocycles. The van der Waals surface area contributed by atoms with Crippen LogP contribution in [-0.4, -0.2) is 62.7 Å². The van der Waals surface area contributed by atoms with Crippen LogP contribution < -0.4 is 10.2 Å². The number of morpholine rings is 1. The second-order valence-corrected chi connectivity index (χ2v) is 9.79. The molecule has 2 aromatic rings. The number of halogens is 1. The molecular weight excluding hydrogens is 433 g/mol. The fraction of sp³-hybridized carbons (Fsp3) is 0.481. The van der Waals surface area contributed by atoms with Gasteiger partial charge in [-0.1, -0.05) is 18.2 Å². The number of nitrogens with one attached hydrogen (secondary N) is 1. The largest absolute Gasteiger partial charge is 0.378 e. The van der Waals surface area contributed by atoms with Crippen LogP contribution in [0.4, 0.5) is 10.1 Å². The van der Waals surface area contributed by atoms with Gasteiger partial charge in [-0.05, 0) is 60.6 Å². The Morgan fingerprint density at radius 1 is 1.09 bits per heavy atom. The monoisotopic (exact) mass is 465 g/mol. The summed E-state index contributed by atoms with van der Waals surface area (Å²) in [7, 11) is 0. The number of hydrogen-bond acceptors (Lipinski definition) is 4. The van der Waals surface area contributed by atoms with Crippen molar-refractivity contribution in [3.05, 3.63) is 65.0 Å². The van der Waals surface area contributed by atoms with Crippen LogP contribution in [0, 0.1) is 18.2 Å². The highest BCUT2D eigenvalue weighted by Crippen LogP contribution is 2.49. The highest BCUT2D eigenvalue weighted by atomic mass is 19.1. The predicted octanol–water partition coefficient (Wildman–Crippen LogP) is 3.50. The van der Waals surface area contributed by atoms with Crippen LogP contribution in [0.1, 0.15) is 46.7 Å². The number of carbonyl (C=O) groups is 2. The van der Waals surface area contributed by atoms with E-state index in [1.807, 2.05) is 30.0 Å². The number of ether oxygens (including phenoxy) is 1. The Labute approximate surface area is 200 Å². The van der Waals surface area contributed by atoms with Crippen molar-refractivity contribution in [3.63, 3.8) is 0 Å². The van der Waals surface area contributed by atoms with Gasteiger partial charge in [0.1, 0.15) is 5.82 Å². The number of benzene rings is 2. The molecule has 0 aliphatic carbocycles. The molecular formula is C27H32FN3O3. The van der Waals surface area contributed by atoms with E-state index in [4.69, 9.17) is 4.74 Å². The van der Waals surface area contributed by atoms with Crippen LogP contribution in [0.15, 0.2) is 42.5 Å². The van der Waals surface area contributed by atoms with Crippen LogP contribution in [0.2, 0.25) is 0 Å². The van der Waals surface area contributed by atoms with E-state index < -0.39 is 0 Å². The minimum atomic E-state index is -0.257. The fourth-order valence-corrected chi connectivity index (χ4v) is 5.99. The van der Waals surface area contributed by atoms with Crippen molar-refractivity contribution in [1.29, 1.82) is 0 Å². The number of nitrogens with zero attached hydrogens (tertiary/aromatic N) is 2. The molecule has 180 valence electrons. The summed E-state index contributed by atoms with van der Waals surface area (Å²) in [6.45, 7) is 6.78. The van der Waals surface area contributed by atoms with Gasteiger partial charge >= 0.3 is 0 Å². The molecule has 3 heterocycles. The van der Waals surface area contributed by atoms with Crippen molar-refractivity contribution in [3.8, 4) is 0 Å². The zero-order valence-corrected chi connectivity index (χ0v) is 19.7. The Kier molecular flexibility index (Phi) is 6.30. The van der Waals surface area contributed by atoms with Gasteiger partial charge in [-0.2, -0.15) is 0 Å². The van der Waals surface area contributed by atoms with Gasteiger partial charge in [-0.3, -0.25) is 9.59 Å². The maximum absolute atomic E-state index is 14.0. The molecule has 3 aliphatic heterocycles. The summed E-state index contributed by atoms with van der Waals surface area (Å²) in [5.41, 5.74) is 3.51. The summed E-state index contributed by atoms with van der Waals surface area (Å²) >= 11 is 0. The van der Waals surface area contributed by atoms with Gasteiger partial charge in [0.2, 0.25) is 5.91 Å². The van der Waals surface area contributed by atoms with Gasteiger partial charge in [0.05, 0.1) is 13.2 Å². The quantitative estimate of drug-likeness (QED) is 0.754. The maximum atomic E-state index is 14.0. The lowest BCUT2D eigenvalue weighted by Crippen LogP contribution is -2.53. The van der Waals surface area contributed by atoms with E-state index in [0.29, 0.717) is 39.3 Å². The van der Waals surface area contributed by atoms with Crippen LogP contribution in [-0.2, 0) is 9.53 Å². The molecule has 0 bridgehead atoms. The standard InChI is InChI=1S/C27H32FN3O3/c1-19-22(6-3-7-24(19)30-12-14-34-15-13-30)26(33)31-10-8-27(9-11-31)17-25(32)29-18-23(27)20-4-2-5-21(28)16-20/h2-7,16,23H,8-15,17-18H2,1H3,(H,29,32)/t23-/m1/s1. The van der Waals surface area contributed by atoms with Crippen LogP contribution in [0.5, 0.6) is 0 Å². The average molecular weight is 466 g/mol. The van der Waals surface area contributed by atoms with E-state index in [2.05, 4.69) is 16.3 Å². The lowest BCUT2D eigenvalue weighted by atomic mass is 9.62. The van der Waals surface area contributed by atoms with Crippen LogP contribution >= 0.6 is 0 Å². The topological polar surface area (TPSA) is 61.9 Å². The van der Waals surface area contributed by atoms with E-state index in [0.717, 1.165) is 48.3 Å². The predicted molar refractivity (Wildman–Crippen MR) is 129 cm³/mol. The molecule has 1 spiro atoms. The Morgan fingerprint density at radius 2 is 1.82 bits per heavy atom. The van der Waals surface area contributed by atoms with Gasteiger partial charge in [0.25, 0.3) is 5.91 Å². The van der Waals surface area contributed by atoms with Crippen LogP contribution in [0.3, 0.4) is 0 Å². The summed E-state index contributed by atoms with van der Waals surface area (Å²) in [5, 5.41) is 2.97. The third kappa shape index (κ3) is 4.29. The minimum Gasteiger partial charge on any atom is -0.378 e. The van der Waals surface area contributed by atoms with Crippen LogP contribution in [0.25, 0.3) is 0 Å². The fourth-order valence-electron chi connectivity index (χ4n) is 5.99. The molecule has 3 fully saturated rings. The normalized spacial score (nSPS) is 22.5. The van der Waals surface area contributed by atoms with Gasteiger partial charge in [-0.15, -0.1) is 0 Å². The first kappa shape index (κ1) is 22.8. The van der Waals surface area contributed by atoms with Gasteiger partial charge in [-0.25, -0.2) is 4.39 Å². The summed E-state index contributed by atoms with van der Waals surface area (Å²) in [6, 6.07) is 12.7. The Morgan fingerprint density at radius 3 is 2.56 bits per heavy atom. The number of hydrogen-bond donors (Lipinski definition) is 1. The molecule has 0 saturated carbocycles. The van der Waals surface area contributed by atoms with Crippen molar-refractivity contribution in [1.82, 2.24) is 10.2 Å². The maximum Gasteiger partial charge on any atom is 0.254 e. The zero-order valence-electron chi connectivity index (χ0n) is 19.7. The number of amides is 2. The molecule has 1 N–H and O–H groups in total. The van der Waals surface area contributed by atoms with E-state index in [-0.39, 0.29) is 29.0 Å². The smallest absolute Gasteiger partial charge is 0.254 e. The molecule has 7 heteroatoms. The molecule has 3 saturated heterocycles. The number of carbonyl (C=O) groups excluding carboxylic acids is 2. The van der Waals surface area contributed by atoms with E-state index in [1.165, 1.54) is 6.07 Å². The molecule has 0 aromatic heterocycles. The second kappa shape index (κ2) is 9.37. The van der Waals surface area contributed by atoms with E-state index >= 15 is 0 Å². The SMILES string of the molecule is Cc1c(C(=O)N2CCC3(CC2)CC(=O)NC[C@@H]3c2cccc(F)c2)cccc1N1CCOCC1. The second-order valence-electron chi connectivity index (χ2n) is 9.79. The van der Waals surface area contributed by atoms with Crippen molar-refractivity contribution >= 4 is 17.5 Å². The van der Waals surface area contributed by atoms with Gasteiger partial charge < -0.3 is 19.9 Å². The number of piperidine rings is 2. The molecule has 5 rings (SSSR count). The molecule has 0 radical (unpaired) electrons. The van der Waals surface area contributed by atoms with Crippen molar-refractivity contribution in [2.24, 2.45) is 5.41 Å². The third-order valence-corrected chi connectivity index (χ3v) is 7.94. The Hall–Kier alpha value is -2.93. The molecule has 34 heavy (non-hydrogen) atoms. The van der Waals surface area contributed by atoms with Crippen molar-refractivity contribution in [2.45, 2.75) is 32.1 Å². The van der Waals surface area contributed by atoms with Gasteiger partial charge in [0, 0.05) is 56.3 Å². The number of likely N-dealkylation sites (tertiary alicyclic amines) is 1. The van der Waals surface area contributed by atoms with Gasteiger partial charge in [0.15, 0.2) is 0 Å². The van der Waals surface area contributed by atoms with Crippen molar-refractivity contribution < 1.29 is 18.7 Å². The average Bonchev–Trinajstić information content (AvgIpc) is 2.85. The van der Waals surface area contributed by atoms with E-state index in [9.17, 15) is 14.0 Å². The molecule has 0 unspecified atom stereocenters. The summed E-state index contributed by atoms with van der Waals surface area (Å²) in [5.74, 6) is -0.121. The third-order valence-electron chi connectivity index (χ3n) is 7.94. The molecule has 1 atom stereocenters. The number of anilines is 1. The van der Waals surface area contributed by atoms with Crippen molar-refractivity contribution in [2.75, 3.05) is 50.8 Å². The lowest BCUT2D eigenvalue weighted by molar-refractivity contribution is -0.127. The molecule has 2 amide bonds. The first-order valence-electron chi connectivity index (χ1n) is 12.2. The van der Waals surface area contributed by atoms with E-state index in [1.54, 1.807) is 12.1 Å². The lowest BCUT2D eigenvalue weighted by Gasteiger charge is -2.49. The summed E-state index contributed by atoms with van der Waals surface area (Å²) in [6.07, 6.45) is 1.88. The highest BCUT2D eigenvalue weighted by Gasteiger charge is 2.47. The highest BCUT2D eigenvalue weighted by molar-refractivity contribution is 5.97. The Balaban J connectivity index is 1.34. The Bertz CT molecular complexity index is 1070. The molecule has 3 aliphatic rings. The molecule has 6 nitrogen and oxygen atoms in total. The number of rotatable bonds is 3. The summed E-state index contributed by atoms with van der Waals surface area (Å²) in [4.78, 5) is 30.1. The first-order valence-corrected chi connectivity index (χ1v) is 12.2. The zero-order chi connectivity index (χ0) is 23.7.